The Labute approximate surface area is 155 Å². The number of nitrogens with one attached hydrogen (secondary N) is 2. The maximum atomic E-state index is 12.5. The number of carbonyl (C=O) groups excluding carboxylic acids is 3. The van der Waals surface area contributed by atoms with Crippen molar-refractivity contribution in [3.8, 4) is 0 Å². The summed E-state index contributed by atoms with van der Waals surface area (Å²) < 4.78 is 0. The van der Waals surface area contributed by atoms with Crippen LogP contribution in [0.25, 0.3) is 0 Å². The molecule has 1 aromatic rings. The maximum Gasteiger partial charge on any atom is 0.325 e. The number of nitrogens with zero attached hydrogens (tertiary/aromatic N) is 1. The van der Waals surface area contributed by atoms with Crippen molar-refractivity contribution in [2.24, 2.45) is 0 Å². The fourth-order valence-corrected chi connectivity index (χ4v) is 3.90. The summed E-state index contributed by atoms with van der Waals surface area (Å²) in [5.74, 6) is -0.658. The van der Waals surface area contributed by atoms with Gasteiger partial charge in [-0.05, 0) is 37.0 Å². The maximum absolute atomic E-state index is 12.5. The molecular weight excluding hydrogens is 365 g/mol. The second-order valence-electron chi connectivity index (χ2n) is 6.45. The van der Waals surface area contributed by atoms with Gasteiger partial charge < -0.3 is 10.6 Å². The lowest BCUT2D eigenvalue weighted by molar-refractivity contribution is -0.134. The predicted octanol–water partition coefficient (Wildman–Crippen LogP) is 2.52. The first-order valence-electron chi connectivity index (χ1n) is 8.26. The minimum absolute atomic E-state index is 0.263. The normalized spacial score (nSPS) is 18.7. The van der Waals surface area contributed by atoms with Gasteiger partial charge in [0.1, 0.15) is 12.1 Å². The Morgan fingerprint density at radius 2 is 1.96 bits per heavy atom. The first-order chi connectivity index (χ1) is 11.9. The molecule has 8 heteroatoms. The first-order valence-corrected chi connectivity index (χ1v) is 9.02. The molecule has 0 atom stereocenters. The number of benzene rings is 1. The highest BCUT2D eigenvalue weighted by molar-refractivity contribution is 6.35. The summed E-state index contributed by atoms with van der Waals surface area (Å²) >= 11 is 11.9. The predicted molar refractivity (Wildman–Crippen MR) is 94.6 cm³/mol. The van der Waals surface area contributed by atoms with Crippen molar-refractivity contribution in [3.63, 3.8) is 0 Å². The van der Waals surface area contributed by atoms with Crippen LogP contribution >= 0.6 is 23.2 Å². The molecule has 2 aliphatic rings. The molecule has 1 saturated heterocycles. The third-order valence-electron chi connectivity index (χ3n) is 4.74. The van der Waals surface area contributed by atoms with E-state index in [1.165, 1.54) is 0 Å². The van der Waals surface area contributed by atoms with Crippen LogP contribution in [0.3, 0.4) is 0 Å². The SMILES string of the molecule is O=C(CN1C(=O)NC2(CCCC2)C1=O)NCCc1ccc(Cl)cc1Cl. The van der Waals surface area contributed by atoms with Crippen LogP contribution in [0.2, 0.25) is 10.0 Å². The molecule has 134 valence electrons. The summed E-state index contributed by atoms with van der Waals surface area (Å²) in [6.07, 6.45) is 3.64. The van der Waals surface area contributed by atoms with Gasteiger partial charge in [-0.3, -0.25) is 14.5 Å². The summed E-state index contributed by atoms with van der Waals surface area (Å²) in [5, 5.41) is 6.57. The van der Waals surface area contributed by atoms with E-state index in [-0.39, 0.29) is 18.4 Å². The van der Waals surface area contributed by atoms with E-state index in [4.69, 9.17) is 23.2 Å². The van der Waals surface area contributed by atoms with Crippen molar-refractivity contribution >= 4 is 41.0 Å². The van der Waals surface area contributed by atoms with Crippen molar-refractivity contribution in [3.05, 3.63) is 33.8 Å². The fraction of sp³-hybridized carbons (Fsp3) is 0.471. The molecule has 1 spiro atoms. The number of urea groups is 1. The molecule has 1 aliphatic heterocycles. The van der Waals surface area contributed by atoms with Crippen LogP contribution in [0.15, 0.2) is 18.2 Å². The summed E-state index contributed by atoms with van der Waals surface area (Å²) in [4.78, 5) is 37.6. The number of halogens is 2. The van der Waals surface area contributed by atoms with Gasteiger partial charge in [0.2, 0.25) is 5.91 Å². The Hall–Kier alpha value is -1.79. The van der Waals surface area contributed by atoms with Crippen molar-refractivity contribution in [1.82, 2.24) is 15.5 Å². The van der Waals surface area contributed by atoms with Crippen LogP contribution in [-0.4, -0.2) is 41.4 Å². The highest BCUT2D eigenvalue weighted by Gasteiger charge is 2.52. The molecule has 25 heavy (non-hydrogen) atoms. The molecular formula is C17H19Cl2N3O3. The number of amides is 4. The largest absolute Gasteiger partial charge is 0.354 e. The smallest absolute Gasteiger partial charge is 0.325 e. The molecule has 3 rings (SSSR count). The van der Waals surface area contributed by atoms with Gasteiger partial charge in [0.15, 0.2) is 0 Å². The number of carbonyl (C=O) groups is 3. The lowest BCUT2D eigenvalue weighted by atomic mass is 9.98. The van der Waals surface area contributed by atoms with Gasteiger partial charge >= 0.3 is 6.03 Å². The van der Waals surface area contributed by atoms with Crippen LogP contribution in [0.1, 0.15) is 31.2 Å². The van der Waals surface area contributed by atoms with Gasteiger partial charge in [0, 0.05) is 16.6 Å². The molecule has 2 fully saturated rings. The van der Waals surface area contributed by atoms with Crippen LogP contribution in [0, 0.1) is 0 Å². The minimum Gasteiger partial charge on any atom is -0.354 e. The van der Waals surface area contributed by atoms with Crippen LogP contribution < -0.4 is 10.6 Å². The molecule has 6 nitrogen and oxygen atoms in total. The molecule has 4 amide bonds. The fourth-order valence-electron chi connectivity index (χ4n) is 3.40. The number of hydrogen-bond acceptors (Lipinski definition) is 3. The number of imide groups is 1. The van der Waals surface area contributed by atoms with E-state index in [1.54, 1.807) is 18.2 Å². The van der Waals surface area contributed by atoms with Crippen LogP contribution in [0.5, 0.6) is 0 Å². The van der Waals surface area contributed by atoms with Crippen molar-refractivity contribution in [2.45, 2.75) is 37.6 Å². The van der Waals surface area contributed by atoms with Gasteiger partial charge in [-0.2, -0.15) is 0 Å². The summed E-state index contributed by atoms with van der Waals surface area (Å²) in [5.41, 5.74) is 0.0834. The Morgan fingerprint density at radius 3 is 2.64 bits per heavy atom. The molecule has 1 aromatic carbocycles. The molecule has 0 radical (unpaired) electrons. The third kappa shape index (κ3) is 3.75. The van der Waals surface area contributed by atoms with Gasteiger partial charge in [-0.25, -0.2) is 4.79 Å². The van der Waals surface area contributed by atoms with E-state index in [9.17, 15) is 14.4 Å². The molecule has 1 heterocycles. The van der Waals surface area contributed by atoms with Gasteiger partial charge in [-0.15, -0.1) is 0 Å². The zero-order valence-electron chi connectivity index (χ0n) is 13.6. The van der Waals surface area contributed by atoms with E-state index in [0.717, 1.165) is 23.3 Å². The number of hydrogen-bond donors (Lipinski definition) is 2. The highest BCUT2D eigenvalue weighted by atomic mass is 35.5. The zero-order valence-corrected chi connectivity index (χ0v) is 15.1. The van der Waals surface area contributed by atoms with E-state index < -0.39 is 11.6 Å². The second-order valence-corrected chi connectivity index (χ2v) is 7.29. The van der Waals surface area contributed by atoms with Gasteiger partial charge in [-0.1, -0.05) is 42.1 Å². The van der Waals surface area contributed by atoms with Crippen LogP contribution in [0.4, 0.5) is 4.79 Å². The summed E-state index contributed by atoms with van der Waals surface area (Å²) in [6, 6.07) is 4.70. The highest BCUT2D eigenvalue weighted by Crippen LogP contribution is 2.34. The Kier molecular flexibility index (Phi) is 5.20. The zero-order chi connectivity index (χ0) is 18.0. The van der Waals surface area contributed by atoms with Gasteiger partial charge in [0.25, 0.3) is 5.91 Å². The van der Waals surface area contributed by atoms with E-state index in [1.807, 2.05) is 0 Å². The van der Waals surface area contributed by atoms with E-state index in [2.05, 4.69) is 10.6 Å². The minimum atomic E-state index is -0.784. The van der Waals surface area contributed by atoms with E-state index >= 15 is 0 Å². The van der Waals surface area contributed by atoms with Crippen molar-refractivity contribution in [2.75, 3.05) is 13.1 Å². The quantitative estimate of drug-likeness (QED) is 0.766. The topological polar surface area (TPSA) is 78.5 Å². The molecule has 2 N–H and O–H groups in total. The van der Waals surface area contributed by atoms with Gasteiger partial charge in [0.05, 0.1) is 0 Å². The van der Waals surface area contributed by atoms with Crippen LogP contribution in [-0.2, 0) is 16.0 Å². The molecule has 0 unspecified atom stereocenters. The molecule has 0 aromatic heterocycles. The average molecular weight is 384 g/mol. The molecule has 0 bridgehead atoms. The average Bonchev–Trinajstić information content (AvgIpc) is 3.11. The Morgan fingerprint density at radius 1 is 1.24 bits per heavy atom. The Balaban J connectivity index is 1.51. The second kappa shape index (κ2) is 7.22. The lowest BCUT2D eigenvalue weighted by Gasteiger charge is -2.19. The van der Waals surface area contributed by atoms with E-state index in [0.29, 0.717) is 35.9 Å². The Bertz CT molecular complexity index is 717. The summed E-state index contributed by atoms with van der Waals surface area (Å²) in [6.45, 7) is 0.0930. The van der Waals surface area contributed by atoms with Crippen molar-refractivity contribution < 1.29 is 14.4 Å². The standard InChI is InChI=1S/C17H19Cl2N3O3/c18-12-4-3-11(13(19)9-12)5-8-20-14(23)10-22-15(24)17(21-16(22)25)6-1-2-7-17/h3-4,9H,1-2,5-8,10H2,(H,20,23)(H,21,25). The monoisotopic (exact) mass is 383 g/mol. The van der Waals surface area contributed by atoms with Crippen molar-refractivity contribution in [1.29, 1.82) is 0 Å². The lowest BCUT2D eigenvalue weighted by Crippen LogP contribution is -2.45. The molecule has 1 saturated carbocycles. The summed E-state index contributed by atoms with van der Waals surface area (Å²) in [7, 11) is 0. The first kappa shape index (κ1) is 18.0. The number of rotatable bonds is 5. The third-order valence-corrected chi connectivity index (χ3v) is 5.32. The molecule has 1 aliphatic carbocycles.